The van der Waals surface area contributed by atoms with Crippen LogP contribution in [0.15, 0.2) is 45.4 Å². The number of carbonyl (C=O) groups is 1. The van der Waals surface area contributed by atoms with Gasteiger partial charge in [-0.15, -0.1) is 0 Å². The molecule has 1 fully saturated rings. The van der Waals surface area contributed by atoms with Gasteiger partial charge in [0.05, 0.1) is 25.8 Å². The van der Waals surface area contributed by atoms with E-state index in [-0.39, 0.29) is 17.4 Å². The number of aliphatic imine (C=N–C) groups is 1. The fraction of sp³-hybridized carbons (Fsp3) is 0.484. The maximum Gasteiger partial charge on any atom is 0.272 e. The van der Waals surface area contributed by atoms with E-state index in [1.807, 2.05) is 17.0 Å². The van der Waals surface area contributed by atoms with Crippen molar-refractivity contribution in [3.05, 3.63) is 51.5 Å². The molecule has 5 rings (SSSR count). The van der Waals surface area contributed by atoms with Crippen LogP contribution >= 0.6 is 15.9 Å². The first-order chi connectivity index (χ1) is 18.7. The average Bonchev–Trinajstić information content (AvgIpc) is 3.11. The van der Waals surface area contributed by atoms with E-state index in [2.05, 4.69) is 48.0 Å². The van der Waals surface area contributed by atoms with Gasteiger partial charge in [0.1, 0.15) is 35.3 Å². The zero-order chi connectivity index (χ0) is 27.7. The van der Waals surface area contributed by atoms with Gasteiger partial charge < -0.3 is 23.8 Å². The Morgan fingerprint density at radius 1 is 1.08 bits per heavy atom. The minimum absolute atomic E-state index is 0.00975. The number of carbonyl (C=O) groups excluding carboxylic acids is 1. The maximum atomic E-state index is 14.1. The fourth-order valence-corrected chi connectivity index (χ4v) is 6.59. The molecule has 3 aliphatic heterocycles. The molecule has 0 saturated carbocycles. The van der Waals surface area contributed by atoms with Crippen LogP contribution in [0.5, 0.6) is 23.0 Å². The van der Waals surface area contributed by atoms with Crippen LogP contribution in [-0.4, -0.2) is 63.1 Å². The highest BCUT2D eigenvalue weighted by atomic mass is 79.9. The summed E-state index contributed by atoms with van der Waals surface area (Å²) < 4.78 is 23.8. The van der Waals surface area contributed by atoms with Crippen molar-refractivity contribution < 1.29 is 23.7 Å². The van der Waals surface area contributed by atoms with E-state index in [0.717, 1.165) is 82.6 Å². The number of allylic oxidation sites excluding steroid dienone is 1. The molecule has 1 saturated heterocycles. The smallest absolute Gasteiger partial charge is 0.272 e. The van der Waals surface area contributed by atoms with Gasteiger partial charge in [0.15, 0.2) is 0 Å². The first-order valence-electron chi connectivity index (χ1n) is 13.6. The number of ether oxygens (including phenoxy) is 4. The molecule has 208 valence electrons. The molecular formula is C31H37BrN2O5. The van der Waals surface area contributed by atoms with Crippen LogP contribution in [-0.2, 0) is 11.2 Å². The Hall–Kier alpha value is -3.00. The molecule has 1 amide bonds. The van der Waals surface area contributed by atoms with E-state index >= 15 is 0 Å². The summed E-state index contributed by atoms with van der Waals surface area (Å²) in [5.41, 5.74) is 4.44. The third-order valence-corrected chi connectivity index (χ3v) is 8.79. The topological polar surface area (TPSA) is 69.6 Å². The molecule has 8 heteroatoms. The van der Waals surface area contributed by atoms with Gasteiger partial charge in [0.2, 0.25) is 0 Å². The summed E-state index contributed by atoms with van der Waals surface area (Å²) in [7, 11) is 4.98. The number of hydrogen-bond acceptors (Lipinski definition) is 6. The van der Waals surface area contributed by atoms with Gasteiger partial charge in [-0.1, -0.05) is 0 Å². The largest absolute Gasteiger partial charge is 0.497 e. The molecule has 3 aliphatic rings. The number of methoxy groups -OCH3 is 3. The van der Waals surface area contributed by atoms with E-state index < -0.39 is 0 Å². The number of piperidine rings is 1. The van der Waals surface area contributed by atoms with Gasteiger partial charge in [-0.3, -0.25) is 9.79 Å². The van der Waals surface area contributed by atoms with Gasteiger partial charge in [-0.05, 0) is 97.1 Å². The minimum atomic E-state index is -0.203. The summed E-state index contributed by atoms with van der Waals surface area (Å²) in [5, 5.41) is 0. The monoisotopic (exact) mass is 596 g/mol. The van der Waals surface area contributed by atoms with E-state index in [1.54, 1.807) is 21.3 Å². The van der Waals surface area contributed by atoms with E-state index in [0.29, 0.717) is 24.6 Å². The molecule has 0 aromatic heterocycles. The predicted molar refractivity (Wildman–Crippen MR) is 156 cm³/mol. The van der Waals surface area contributed by atoms with Crippen molar-refractivity contribution >= 4 is 33.1 Å². The number of benzene rings is 2. The Labute approximate surface area is 239 Å². The SMILES string of the molecule is COc1cc(CC2CCN=C(C(=O)N3CCCCC3(C)C)C3=C2c2cc(Br)c(OC)cc2OC3)cc(OC)c1. The highest BCUT2D eigenvalue weighted by molar-refractivity contribution is 9.10. The highest BCUT2D eigenvalue weighted by Crippen LogP contribution is 2.46. The standard InChI is InChI=1S/C31H37BrN2O5/c1-31(2)9-6-7-11-34(31)30(35)29-24-18-39-26-17-27(38-5)25(32)16-23(26)28(24)20(8-10-33-29)12-19-13-21(36-3)15-22(14-19)37-4/h13-17,20H,6-12,18H2,1-5H3. The third-order valence-electron chi connectivity index (χ3n) is 8.17. The predicted octanol–water partition coefficient (Wildman–Crippen LogP) is 6.12. The number of hydrogen-bond donors (Lipinski definition) is 0. The third kappa shape index (κ3) is 5.40. The van der Waals surface area contributed by atoms with Gasteiger partial charge in [-0.2, -0.15) is 0 Å². The van der Waals surface area contributed by atoms with Crippen LogP contribution in [0.4, 0.5) is 0 Å². The van der Waals surface area contributed by atoms with Crippen LogP contribution in [0.1, 0.15) is 50.7 Å². The van der Waals surface area contributed by atoms with Crippen LogP contribution in [0.3, 0.4) is 0 Å². The number of likely N-dealkylation sites (tertiary alicyclic amines) is 1. The number of rotatable bonds is 6. The van der Waals surface area contributed by atoms with E-state index in [1.165, 1.54) is 0 Å². The average molecular weight is 598 g/mol. The Morgan fingerprint density at radius 3 is 2.49 bits per heavy atom. The van der Waals surface area contributed by atoms with Crippen LogP contribution in [0.2, 0.25) is 0 Å². The molecule has 3 heterocycles. The zero-order valence-corrected chi connectivity index (χ0v) is 25.0. The molecule has 2 aromatic carbocycles. The molecule has 0 spiro atoms. The summed E-state index contributed by atoms with van der Waals surface area (Å²) in [6.45, 7) is 5.93. The first kappa shape index (κ1) is 27.6. The van der Waals surface area contributed by atoms with Crippen molar-refractivity contribution in [1.82, 2.24) is 4.90 Å². The Kier molecular flexibility index (Phi) is 7.94. The van der Waals surface area contributed by atoms with Crippen molar-refractivity contribution in [1.29, 1.82) is 0 Å². The Bertz CT molecular complexity index is 1310. The lowest BCUT2D eigenvalue weighted by molar-refractivity contribution is -0.130. The van der Waals surface area contributed by atoms with Gasteiger partial charge in [0.25, 0.3) is 5.91 Å². The van der Waals surface area contributed by atoms with Crippen LogP contribution in [0, 0.1) is 5.92 Å². The highest BCUT2D eigenvalue weighted by Gasteiger charge is 2.40. The molecule has 39 heavy (non-hydrogen) atoms. The van der Waals surface area contributed by atoms with Crippen molar-refractivity contribution in [2.75, 3.05) is 41.0 Å². The van der Waals surface area contributed by atoms with Gasteiger partial charge >= 0.3 is 0 Å². The molecule has 1 atom stereocenters. The summed E-state index contributed by atoms with van der Waals surface area (Å²) in [6, 6.07) is 9.98. The summed E-state index contributed by atoms with van der Waals surface area (Å²) in [6.07, 6.45) is 4.70. The van der Waals surface area contributed by atoms with Crippen LogP contribution in [0.25, 0.3) is 5.57 Å². The van der Waals surface area contributed by atoms with Crippen LogP contribution < -0.4 is 18.9 Å². The molecule has 0 bridgehead atoms. The molecular weight excluding hydrogens is 560 g/mol. The first-order valence-corrected chi connectivity index (χ1v) is 14.4. The minimum Gasteiger partial charge on any atom is -0.497 e. The van der Waals surface area contributed by atoms with Crippen molar-refractivity contribution in [2.24, 2.45) is 10.9 Å². The molecule has 0 N–H and O–H groups in total. The molecule has 0 aliphatic carbocycles. The summed E-state index contributed by atoms with van der Waals surface area (Å²) in [4.78, 5) is 21.1. The van der Waals surface area contributed by atoms with Gasteiger partial charge in [0, 0.05) is 41.9 Å². The quantitative estimate of drug-likeness (QED) is 0.402. The maximum absolute atomic E-state index is 14.1. The molecule has 0 radical (unpaired) electrons. The lowest BCUT2D eigenvalue weighted by Gasteiger charge is -2.43. The van der Waals surface area contributed by atoms with Crippen molar-refractivity contribution in [3.8, 4) is 23.0 Å². The second-order valence-electron chi connectivity index (χ2n) is 11.0. The van der Waals surface area contributed by atoms with Gasteiger partial charge in [-0.25, -0.2) is 0 Å². The second kappa shape index (κ2) is 11.2. The zero-order valence-electron chi connectivity index (χ0n) is 23.4. The number of nitrogens with zero attached hydrogens (tertiary/aromatic N) is 2. The second-order valence-corrected chi connectivity index (χ2v) is 11.9. The number of fused-ring (bicyclic) bond motifs is 2. The lowest BCUT2D eigenvalue weighted by atomic mass is 9.80. The lowest BCUT2D eigenvalue weighted by Crippen LogP contribution is -2.53. The van der Waals surface area contributed by atoms with Crippen molar-refractivity contribution in [2.45, 2.75) is 51.5 Å². The Balaban J connectivity index is 1.62. The summed E-state index contributed by atoms with van der Waals surface area (Å²) >= 11 is 3.68. The fourth-order valence-electron chi connectivity index (χ4n) is 6.08. The van der Waals surface area contributed by atoms with E-state index in [9.17, 15) is 4.79 Å². The number of amides is 1. The number of halogens is 1. The normalized spacial score (nSPS) is 20.2. The van der Waals surface area contributed by atoms with E-state index in [4.69, 9.17) is 23.9 Å². The molecule has 1 unspecified atom stereocenters. The molecule has 2 aromatic rings. The Morgan fingerprint density at radius 2 is 1.82 bits per heavy atom. The van der Waals surface area contributed by atoms with Crippen molar-refractivity contribution in [3.63, 3.8) is 0 Å². The summed E-state index contributed by atoms with van der Waals surface area (Å²) in [5.74, 6) is 3.10. The molecule has 7 nitrogen and oxygen atoms in total.